The molecule has 3 aromatic carbocycles. The molecule has 4 rings (SSSR count). The molecule has 0 bridgehead atoms. The van der Waals surface area contributed by atoms with Gasteiger partial charge in [-0.3, -0.25) is 9.69 Å². The number of ether oxygens (including phenoxy) is 1. The third kappa shape index (κ3) is 4.97. The molecule has 1 N–H and O–H groups in total. The van der Waals surface area contributed by atoms with E-state index >= 15 is 0 Å². The van der Waals surface area contributed by atoms with Crippen LogP contribution in [0.5, 0.6) is 11.5 Å². The van der Waals surface area contributed by atoms with Crippen molar-refractivity contribution in [3.8, 4) is 11.5 Å². The number of nitrogens with one attached hydrogen (secondary N) is 1. The van der Waals surface area contributed by atoms with Crippen molar-refractivity contribution in [1.82, 2.24) is 0 Å². The molecule has 7 nitrogen and oxygen atoms in total. The predicted molar refractivity (Wildman–Crippen MR) is 146 cm³/mol. The third-order valence-electron chi connectivity index (χ3n) is 6.41. The second-order valence-electron chi connectivity index (χ2n) is 9.18. The summed E-state index contributed by atoms with van der Waals surface area (Å²) in [4.78, 5) is 14.5. The van der Waals surface area contributed by atoms with E-state index in [0.29, 0.717) is 28.1 Å². The molecule has 1 fully saturated rings. The molecule has 1 atom stereocenters. The van der Waals surface area contributed by atoms with Crippen LogP contribution in [-0.4, -0.2) is 21.4 Å². The van der Waals surface area contributed by atoms with Crippen molar-refractivity contribution in [3.63, 3.8) is 0 Å². The second-order valence-corrected chi connectivity index (χ2v) is 10.7. The van der Waals surface area contributed by atoms with Gasteiger partial charge >= 0.3 is 10.1 Å². The number of anilines is 2. The van der Waals surface area contributed by atoms with Crippen LogP contribution in [0, 0.1) is 20.8 Å². The molecule has 1 aliphatic heterocycles. The first-order valence-corrected chi connectivity index (χ1v) is 13.1. The number of hydrogen-bond donors (Lipinski definition) is 1. The van der Waals surface area contributed by atoms with Gasteiger partial charge in [0.2, 0.25) is 0 Å². The SMILES string of the molecule is C=C(C)Nc1ccc(S(=O)(=O)Oc2cc([C@H]3C(=C)C(=O)N3c3cc(C)c(C)c(OC)c3)ccc2C)cc1. The van der Waals surface area contributed by atoms with Crippen molar-refractivity contribution >= 4 is 27.4 Å². The quantitative estimate of drug-likeness (QED) is 0.224. The fourth-order valence-corrected chi connectivity index (χ4v) is 5.23. The molecule has 8 heteroatoms. The molecule has 0 aromatic heterocycles. The van der Waals surface area contributed by atoms with Gasteiger partial charge in [-0.1, -0.05) is 25.3 Å². The lowest BCUT2D eigenvalue weighted by Crippen LogP contribution is -2.48. The van der Waals surface area contributed by atoms with Crippen molar-refractivity contribution in [2.45, 2.75) is 38.6 Å². The van der Waals surface area contributed by atoms with Crippen LogP contribution >= 0.6 is 0 Å². The molecule has 192 valence electrons. The van der Waals surface area contributed by atoms with Gasteiger partial charge in [0.05, 0.1) is 13.2 Å². The van der Waals surface area contributed by atoms with E-state index in [4.69, 9.17) is 8.92 Å². The first-order chi connectivity index (χ1) is 17.4. The highest BCUT2D eigenvalue weighted by Gasteiger charge is 2.43. The number of carbonyl (C=O) groups excluding carboxylic acids is 1. The van der Waals surface area contributed by atoms with Gasteiger partial charge in [0.1, 0.15) is 16.4 Å². The summed E-state index contributed by atoms with van der Waals surface area (Å²) in [5, 5.41) is 3.04. The van der Waals surface area contributed by atoms with Gasteiger partial charge in [-0.25, -0.2) is 0 Å². The number of β-lactam (4-membered cyclic amide) rings is 1. The molecule has 37 heavy (non-hydrogen) atoms. The van der Waals surface area contributed by atoms with E-state index in [0.717, 1.165) is 22.5 Å². The largest absolute Gasteiger partial charge is 0.496 e. The number of allylic oxidation sites excluding steroid dienone is 1. The average Bonchev–Trinajstić information content (AvgIpc) is 2.85. The Hall–Kier alpha value is -4.04. The Kier molecular flexibility index (Phi) is 6.88. The number of aryl methyl sites for hydroxylation is 2. The highest BCUT2D eigenvalue weighted by molar-refractivity contribution is 7.87. The first kappa shape index (κ1) is 26.0. The molecule has 1 saturated heterocycles. The van der Waals surface area contributed by atoms with Crippen LogP contribution in [0.1, 0.15) is 35.2 Å². The molecule has 0 spiro atoms. The van der Waals surface area contributed by atoms with E-state index in [1.54, 1.807) is 43.2 Å². The summed E-state index contributed by atoms with van der Waals surface area (Å²) in [7, 11) is -2.50. The summed E-state index contributed by atoms with van der Waals surface area (Å²) in [5.74, 6) is 0.670. The lowest BCUT2D eigenvalue weighted by atomic mass is 9.87. The molecule has 0 unspecified atom stereocenters. The Morgan fingerprint density at radius 3 is 2.27 bits per heavy atom. The van der Waals surface area contributed by atoms with Gasteiger partial charge in [-0.15, -0.1) is 0 Å². The maximum absolute atomic E-state index is 13.0. The number of benzene rings is 3. The lowest BCUT2D eigenvalue weighted by Gasteiger charge is -2.43. The van der Waals surface area contributed by atoms with E-state index < -0.39 is 16.2 Å². The average molecular weight is 519 g/mol. The zero-order chi connectivity index (χ0) is 27.1. The zero-order valence-electron chi connectivity index (χ0n) is 21.6. The first-order valence-electron chi connectivity index (χ1n) is 11.7. The monoisotopic (exact) mass is 518 g/mol. The fraction of sp³-hybridized carbons (Fsp3) is 0.207. The number of nitrogens with zero attached hydrogens (tertiary/aromatic N) is 1. The standard InChI is InChI=1S/C29H30N2O5S/c1-17(2)30-23-10-12-25(13-11-23)37(33,34)36-26-15-22(9-8-18(26)3)28-21(6)29(32)31(28)24-14-19(4)20(5)27(16-24)35-7/h8-16,28,30H,1,6H2,2-5,7H3/t28-/m1/s1. The minimum Gasteiger partial charge on any atom is -0.496 e. The minimum absolute atomic E-state index is 0.0247. The van der Waals surface area contributed by atoms with Crippen molar-refractivity contribution < 1.29 is 22.1 Å². The number of hydrogen-bond acceptors (Lipinski definition) is 6. The van der Waals surface area contributed by atoms with Crippen molar-refractivity contribution in [1.29, 1.82) is 0 Å². The number of rotatable bonds is 8. The van der Waals surface area contributed by atoms with E-state index in [-0.39, 0.29) is 16.6 Å². The molecule has 0 aliphatic carbocycles. The van der Waals surface area contributed by atoms with E-state index in [2.05, 4.69) is 18.5 Å². The zero-order valence-corrected chi connectivity index (χ0v) is 22.4. The van der Waals surface area contributed by atoms with Gasteiger partial charge < -0.3 is 14.2 Å². The van der Waals surface area contributed by atoms with Crippen molar-refractivity contribution in [2.75, 3.05) is 17.3 Å². The van der Waals surface area contributed by atoms with Crippen LogP contribution in [0.25, 0.3) is 0 Å². The number of carbonyl (C=O) groups is 1. The Labute approximate surface area is 218 Å². The van der Waals surface area contributed by atoms with Crippen LogP contribution in [0.3, 0.4) is 0 Å². The third-order valence-corrected chi connectivity index (χ3v) is 7.66. The highest BCUT2D eigenvalue weighted by atomic mass is 32.2. The molecule has 3 aromatic rings. The van der Waals surface area contributed by atoms with E-state index in [1.165, 1.54) is 12.1 Å². The van der Waals surface area contributed by atoms with Crippen molar-refractivity contribution in [3.05, 3.63) is 101 Å². The maximum atomic E-state index is 13.0. The van der Waals surface area contributed by atoms with Gasteiger partial charge in [-0.2, -0.15) is 8.42 Å². The van der Waals surface area contributed by atoms with Crippen LogP contribution in [0.2, 0.25) is 0 Å². The lowest BCUT2D eigenvalue weighted by molar-refractivity contribution is -0.119. The van der Waals surface area contributed by atoms with E-state index in [1.807, 2.05) is 39.0 Å². The summed E-state index contributed by atoms with van der Waals surface area (Å²) in [6, 6.07) is 14.8. The molecule has 1 amide bonds. The predicted octanol–water partition coefficient (Wildman–Crippen LogP) is 5.98. The number of amides is 1. The summed E-state index contributed by atoms with van der Waals surface area (Å²) in [5.41, 5.74) is 5.87. The highest BCUT2D eigenvalue weighted by Crippen LogP contribution is 2.45. The van der Waals surface area contributed by atoms with Gasteiger partial charge in [0.15, 0.2) is 0 Å². The molecular formula is C29H30N2O5S. The summed E-state index contributed by atoms with van der Waals surface area (Å²) in [6.07, 6.45) is 0. The van der Waals surface area contributed by atoms with Crippen LogP contribution < -0.4 is 19.1 Å². The van der Waals surface area contributed by atoms with Gasteiger partial charge in [0.25, 0.3) is 5.91 Å². The second kappa shape index (κ2) is 9.78. The fourth-order valence-electron chi connectivity index (χ4n) is 4.25. The molecule has 1 aliphatic rings. The van der Waals surface area contributed by atoms with Gasteiger partial charge in [0, 0.05) is 28.7 Å². The molecule has 0 radical (unpaired) electrons. The van der Waals surface area contributed by atoms with Crippen LogP contribution in [-0.2, 0) is 14.9 Å². The topological polar surface area (TPSA) is 84.9 Å². The summed E-state index contributed by atoms with van der Waals surface area (Å²) < 4.78 is 37.1. The smallest absolute Gasteiger partial charge is 0.339 e. The minimum atomic E-state index is -4.09. The molecule has 1 heterocycles. The Morgan fingerprint density at radius 2 is 1.65 bits per heavy atom. The Bertz CT molecular complexity index is 1520. The van der Waals surface area contributed by atoms with Crippen LogP contribution in [0.4, 0.5) is 11.4 Å². The summed E-state index contributed by atoms with van der Waals surface area (Å²) in [6.45, 7) is 15.2. The summed E-state index contributed by atoms with van der Waals surface area (Å²) >= 11 is 0. The molecule has 0 saturated carbocycles. The normalized spacial score (nSPS) is 15.3. The van der Waals surface area contributed by atoms with Crippen molar-refractivity contribution in [2.24, 2.45) is 0 Å². The maximum Gasteiger partial charge on any atom is 0.339 e. The Morgan fingerprint density at radius 1 is 0.973 bits per heavy atom. The van der Waals surface area contributed by atoms with Crippen LogP contribution in [0.15, 0.2) is 83.9 Å². The number of methoxy groups -OCH3 is 1. The molecular weight excluding hydrogens is 488 g/mol. The Balaban J connectivity index is 1.65. The van der Waals surface area contributed by atoms with Gasteiger partial charge in [-0.05, 0) is 86.3 Å². The van der Waals surface area contributed by atoms with E-state index in [9.17, 15) is 13.2 Å².